The molecule has 12 heavy (non-hydrogen) atoms. The summed E-state index contributed by atoms with van der Waals surface area (Å²) in [6.07, 6.45) is 5.49. The molecular weight excluding hydrogens is 156 g/mol. The fourth-order valence-corrected chi connectivity index (χ4v) is 1.06. The van der Waals surface area contributed by atoms with Gasteiger partial charge in [-0.05, 0) is 6.08 Å². The maximum Gasteiger partial charge on any atom is 0.315 e. The summed E-state index contributed by atoms with van der Waals surface area (Å²) in [5.74, 6) is -2.05. The second-order valence-corrected chi connectivity index (χ2v) is 2.40. The van der Waals surface area contributed by atoms with Gasteiger partial charge in [-0.25, -0.2) is 0 Å². The van der Waals surface area contributed by atoms with E-state index in [1.807, 2.05) is 0 Å². The van der Waals surface area contributed by atoms with Crippen molar-refractivity contribution in [2.75, 3.05) is 0 Å². The van der Waals surface area contributed by atoms with E-state index in [9.17, 15) is 9.59 Å². The van der Waals surface area contributed by atoms with Gasteiger partial charge in [-0.15, -0.1) is 0 Å². The van der Waals surface area contributed by atoms with Crippen LogP contribution in [0.4, 0.5) is 0 Å². The molecule has 1 unspecified atom stereocenters. The lowest BCUT2D eigenvalue weighted by molar-refractivity contribution is -0.139. The third-order valence-electron chi connectivity index (χ3n) is 1.62. The maximum absolute atomic E-state index is 11.0. The molecule has 0 heterocycles. The molecule has 0 aliphatic heterocycles. The van der Waals surface area contributed by atoms with Crippen LogP contribution in [-0.4, -0.2) is 16.9 Å². The highest BCUT2D eigenvalue weighted by Crippen LogP contribution is 2.21. The number of carbonyl (C=O) groups is 2. The second kappa shape index (κ2) is 3.17. The van der Waals surface area contributed by atoms with Crippen molar-refractivity contribution in [3.63, 3.8) is 0 Å². The summed E-state index contributed by atoms with van der Waals surface area (Å²) >= 11 is 0. The molecule has 3 heteroatoms. The first-order valence-electron chi connectivity index (χ1n) is 3.44. The molecule has 0 aromatic carbocycles. The summed E-state index contributed by atoms with van der Waals surface area (Å²) in [5, 5.41) is 8.65. The molecule has 1 aliphatic rings. The summed E-state index contributed by atoms with van der Waals surface area (Å²) in [6.45, 7) is 3.40. The molecule has 0 saturated heterocycles. The van der Waals surface area contributed by atoms with Crippen molar-refractivity contribution in [2.24, 2.45) is 5.92 Å². The predicted molar refractivity (Wildman–Crippen MR) is 43.6 cm³/mol. The van der Waals surface area contributed by atoms with Gasteiger partial charge in [0, 0.05) is 5.57 Å². The molecule has 0 radical (unpaired) electrons. The molecule has 62 valence electrons. The fourth-order valence-electron chi connectivity index (χ4n) is 1.06. The van der Waals surface area contributed by atoms with Crippen LogP contribution in [0.1, 0.15) is 0 Å². The Morgan fingerprint density at radius 1 is 1.67 bits per heavy atom. The standard InChI is InChI=1S/C9H8O3/c1-2-3-6-7(9(11)12)4-5-8(6)10/h2-5,7H,1H2,(H,11,12). The van der Waals surface area contributed by atoms with E-state index in [4.69, 9.17) is 5.11 Å². The Morgan fingerprint density at radius 3 is 2.83 bits per heavy atom. The van der Waals surface area contributed by atoms with Gasteiger partial charge in [0.2, 0.25) is 0 Å². The first kappa shape index (κ1) is 8.46. The third kappa shape index (κ3) is 1.34. The monoisotopic (exact) mass is 164 g/mol. The van der Waals surface area contributed by atoms with Crippen molar-refractivity contribution >= 4 is 11.8 Å². The first-order valence-corrected chi connectivity index (χ1v) is 3.44. The van der Waals surface area contributed by atoms with Crippen molar-refractivity contribution in [3.05, 3.63) is 36.5 Å². The number of carboxylic acid groups (broad SMARTS) is 1. The second-order valence-electron chi connectivity index (χ2n) is 2.40. The van der Waals surface area contributed by atoms with E-state index in [-0.39, 0.29) is 11.4 Å². The number of carboxylic acids is 1. The van der Waals surface area contributed by atoms with Gasteiger partial charge in [-0.1, -0.05) is 24.8 Å². The van der Waals surface area contributed by atoms with Crippen LogP contribution in [0.3, 0.4) is 0 Å². The van der Waals surface area contributed by atoms with Gasteiger partial charge in [-0.3, -0.25) is 9.59 Å². The Labute approximate surface area is 69.7 Å². The Balaban J connectivity index is 2.98. The molecule has 3 nitrogen and oxygen atoms in total. The minimum atomic E-state index is -1.01. The van der Waals surface area contributed by atoms with Gasteiger partial charge in [0.25, 0.3) is 0 Å². The summed E-state index contributed by atoms with van der Waals surface area (Å²) in [7, 11) is 0. The topological polar surface area (TPSA) is 54.4 Å². The van der Waals surface area contributed by atoms with E-state index >= 15 is 0 Å². The first-order chi connectivity index (χ1) is 5.66. The van der Waals surface area contributed by atoms with Crippen LogP contribution in [0.25, 0.3) is 0 Å². The minimum Gasteiger partial charge on any atom is -0.481 e. The molecular formula is C9H8O3. The highest BCUT2D eigenvalue weighted by atomic mass is 16.4. The highest BCUT2D eigenvalue weighted by Gasteiger charge is 2.27. The number of hydrogen-bond acceptors (Lipinski definition) is 2. The van der Waals surface area contributed by atoms with Crippen molar-refractivity contribution < 1.29 is 14.7 Å². The van der Waals surface area contributed by atoms with Crippen LogP contribution < -0.4 is 0 Å². The predicted octanol–water partition coefficient (Wildman–Crippen LogP) is 0.938. The zero-order valence-electron chi connectivity index (χ0n) is 6.36. The van der Waals surface area contributed by atoms with Crippen molar-refractivity contribution in [1.29, 1.82) is 0 Å². The maximum atomic E-state index is 11.0. The summed E-state index contributed by atoms with van der Waals surface area (Å²) in [4.78, 5) is 21.6. The van der Waals surface area contributed by atoms with E-state index in [0.717, 1.165) is 0 Å². The Kier molecular flexibility index (Phi) is 2.24. The average Bonchev–Trinajstić information content (AvgIpc) is 2.34. The lowest BCUT2D eigenvalue weighted by Gasteiger charge is -2.01. The minimum absolute atomic E-state index is 0.248. The van der Waals surface area contributed by atoms with Gasteiger partial charge in [-0.2, -0.15) is 0 Å². The van der Waals surface area contributed by atoms with Crippen molar-refractivity contribution in [1.82, 2.24) is 0 Å². The van der Waals surface area contributed by atoms with Crippen molar-refractivity contribution in [3.8, 4) is 0 Å². The van der Waals surface area contributed by atoms with Crippen LogP contribution in [0.5, 0.6) is 0 Å². The molecule has 1 atom stereocenters. The normalized spacial score (nSPS) is 24.8. The van der Waals surface area contributed by atoms with Crippen molar-refractivity contribution in [2.45, 2.75) is 0 Å². The molecule has 0 saturated carbocycles. The van der Waals surface area contributed by atoms with Gasteiger partial charge in [0.1, 0.15) is 5.92 Å². The van der Waals surface area contributed by atoms with Crippen LogP contribution in [0.2, 0.25) is 0 Å². The lowest BCUT2D eigenvalue weighted by atomic mass is 10.0. The van der Waals surface area contributed by atoms with E-state index in [2.05, 4.69) is 6.58 Å². The van der Waals surface area contributed by atoms with Gasteiger partial charge < -0.3 is 5.11 Å². The Hall–Kier alpha value is -1.64. The number of rotatable bonds is 2. The molecule has 0 spiro atoms. The quantitative estimate of drug-likeness (QED) is 0.618. The Morgan fingerprint density at radius 2 is 2.33 bits per heavy atom. The molecule has 0 fully saturated rings. The van der Waals surface area contributed by atoms with Gasteiger partial charge in [0.15, 0.2) is 5.78 Å². The zero-order chi connectivity index (χ0) is 9.14. The molecule has 0 aromatic heterocycles. The largest absolute Gasteiger partial charge is 0.481 e. The van der Waals surface area contributed by atoms with Crippen LogP contribution in [0, 0.1) is 5.92 Å². The van der Waals surface area contributed by atoms with Gasteiger partial charge in [0.05, 0.1) is 0 Å². The fraction of sp³-hybridized carbons (Fsp3) is 0.111. The SMILES string of the molecule is C=CC=C1C(=O)C=CC1C(=O)O. The number of allylic oxidation sites excluding steroid dienone is 3. The molecule has 0 amide bonds. The third-order valence-corrected chi connectivity index (χ3v) is 1.62. The van der Waals surface area contributed by atoms with Gasteiger partial charge >= 0.3 is 5.97 Å². The van der Waals surface area contributed by atoms with E-state index in [1.54, 1.807) is 0 Å². The summed E-state index contributed by atoms with van der Waals surface area (Å²) in [5.41, 5.74) is 0.275. The zero-order valence-corrected chi connectivity index (χ0v) is 6.36. The van der Waals surface area contributed by atoms with Crippen LogP contribution >= 0.6 is 0 Å². The summed E-state index contributed by atoms with van der Waals surface area (Å²) in [6, 6.07) is 0. The van der Waals surface area contributed by atoms with E-state index in [0.29, 0.717) is 0 Å². The van der Waals surface area contributed by atoms with E-state index in [1.165, 1.54) is 24.3 Å². The van der Waals surface area contributed by atoms with Crippen LogP contribution in [-0.2, 0) is 9.59 Å². The highest BCUT2D eigenvalue weighted by molar-refractivity contribution is 6.11. The number of aliphatic carboxylic acids is 1. The molecule has 1 rings (SSSR count). The lowest BCUT2D eigenvalue weighted by Crippen LogP contribution is -2.13. The van der Waals surface area contributed by atoms with Crippen LogP contribution in [0.15, 0.2) is 36.5 Å². The molecule has 1 aliphatic carbocycles. The summed E-state index contributed by atoms with van der Waals surface area (Å²) < 4.78 is 0. The number of carbonyl (C=O) groups excluding carboxylic acids is 1. The molecule has 1 N–H and O–H groups in total. The van der Waals surface area contributed by atoms with E-state index < -0.39 is 11.9 Å². The smallest absolute Gasteiger partial charge is 0.315 e. The number of ketones is 1. The number of hydrogen-bond donors (Lipinski definition) is 1. The molecule has 0 bridgehead atoms. The Bertz CT molecular complexity index is 297. The average molecular weight is 164 g/mol. The molecule has 0 aromatic rings.